The van der Waals surface area contributed by atoms with Gasteiger partial charge in [-0.05, 0) is 24.7 Å². The summed E-state index contributed by atoms with van der Waals surface area (Å²) in [6.45, 7) is 6.93. The molecule has 5 nitrogen and oxygen atoms in total. The van der Waals surface area contributed by atoms with Crippen LogP contribution in [0.15, 0.2) is 0 Å². The van der Waals surface area contributed by atoms with Crippen LogP contribution >= 0.6 is 0 Å². The highest BCUT2D eigenvalue weighted by molar-refractivity contribution is 5.65. The number of anilines is 2. The third kappa shape index (κ3) is 2.77. The van der Waals surface area contributed by atoms with E-state index in [1.807, 2.05) is 11.7 Å². The Bertz CT molecular complexity index is 394. The smallest absolute Gasteiger partial charge is 0.147 e. The summed E-state index contributed by atoms with van der Waals surface area (Å²) in [4.78, 5) is 0. The van der Waals surface area contributed by atoms with Crippen molar-refractivity contribution >= 4 is 11.5 Å². The Hall–Kier alpha value is -1.23. The molecule has 2 heterocycles. The van der Waals surface area contributed by atoms with E-state index in [9.17, 15) is 0 Å². The Morgan fingerprint density at radius 2 is 2.11 bits per heavy atom. The number of nitrogens with one attached hydrogen (secondary N) is 1. The van der Waals surface area contributed by atoms with Gasteiger partial charge in [0, 0.05) is 26.8 Å². The highest BCUT2D eigenvalue weighted by atomic mass is 16.5. The Kier molecular flexibility index (Phi) is 4.11. The van der Waals surface area contributed by atoms with Crippen LogP contribution in [0.25, 0.3) is 0 Å². The molecule has 3 N–H and O–H groups in total. The van der Waals surface area contributed by atoms with E-state index in [2.05, 4.69) is 24.3 Å². The molecule has 1 aliphatic rings. The van der Waals surface area contributed by atoms with Crippen molar-refractivity contribution in [1.29, 1.82) is 0 Å². The van der Waals surface area contributed by atoms with Crippen LogP contribution in [0.1, 0.15) is 38.3 Å². The molecule has 0 spiro atoms. The van der Waals surface area contributed by atoms with Crippen molar-refractivity contribution in [3.63, 3.8) is 0 Å². The maximum Gasteiger partial charge on any atom is 0.147 e. The zero-order valence-corrected chi connectivity index (χ0v) is 11.6. The minimum Gasteiger partial charge on any atom is -0.394 e. The van der Waals surface area contributed by atoms with Gasteiger partial charge in [0.1, 0.15) is 5.82 Å². The maximum absolute atomic E-state index is 6.15. The summed E-state index contributed by atoms with van der Waals surface area (Å²) in [6, 6.07) is 0. The monoisotopic (exact) mass is 252 g/mol. The lowest BCUT2D eigenvalue weighted by atomic mass is 10.0. The number of nitrogens with two attached hydrogens (primary N) is 1. The summed E-state index contributed by atoms with van der Waals surface area (Å²) < 4.78 is 7.22. The van der Waals surface area contributed by atoms with E-state index in [-0.39, 0.29) is 0 Å². The normalized spacial score (nSPS) is 17.3. The van der Waals surface area contributed by atoms with Crippen molar-refractivity contribution < 1.29 is 4.74 Å². The van der Waals surface area contributed by atoms with Gasteiger partial charge in [-0.3, -0.25) is 4.68 Å². The lowest BCUT2D eigenvalue weighted by Gasteiger charge is -2.22. The van der Waals surface area contributed by atoms with Crippen LogP contribution < -0.4 is 11.1 Å². The van der Waals surface area contributed by atoms with Crippen LogP contribution in [-0.4, -0.2) is 29.5 Å². The number of hydrogen-bond acceptors (Lipinski definition) is 4. The van der Waals surface area contributed by atoms with E-state index in [0.717, 1.165) is 49.8 Å². The summed E-state index contributed by atoms with van der Waals surface area (Å²) in [7, 11) is 1.94. The number of nitrogen functional groups attached to an aromatic ring is 1. The highest BCUT2D eigenvalue weighted by Gasteiger charge is 2.18. The van der Waals surface area contributed by atoms with Gasteiger partial charge in [0.15, 0.2) is 0 Å². The molecular formula is C13H24N4O. The van der Waals surface area contributed by atoms with Crippen LogP contribution in [0, 0.1) is 5.92 Å². The summed E-state index contributed by atoms with van der Waals surface area (Å²) in [5.41, 5.74) is 7.92. The molecule has 0 saturated carbocycles. The van der Waals surface area contributed by atoms with Gasteiger partial charge in [-0.25, -0.2) is 0 Å². The quantitative estimate of drug-likeness (QED) is 0.860. The van der Waals surface area contributed by atoms with Crippen molar-refractivity contribution in [3.05, 3.63) is 5.69 Å². The molecule has 1 saturated heterocycles. The van der Waals surface area contributed by atoms with Gasteiger partial charge in [0.25, 0.3) is 0 Å². The zero-order chi connectivity index (χ0) is 13.1. The summed E-state index contributed by atoms with van der Waals surface area (Å²) in [5, 5.41) is 7.92. The summed E-state index contributed by atoms with van der Waals surface area (Å²) in [6.07, 6.45) is 2.25. The predicted molar refractivity (Wildman–Crippen MR) is 73.7 cm³/mol. The third-order valence-electron chi connectivity index (χ3n) is 3.56. The third-order valence-corrected chi connectivity index (χ3v) is 3.56. The fourth-order valence-electron chi connectivity index (χ4n) is 2.39. The van der Waals surface area contributed by atoms with E-state index >= 15 is 0 Å². The molecule has 5 heteroatoms. The van der Waals surface area contributed by atoms with E-state index in [1.165, 1.54) is 0 Å². The molecule has 0 aliphatic carbocycles. The standard InChI is InChI=1S/C13H24N4O/c1-9(2)12-11(14)13(17(3)16-12)15-8-10-4-6-18-7-5-10/h9-10,15H,4-8,14H2,1-3H3. The summed E-state index contributed by atoms with van der Waals surface area (Å²) >= 11 is 0. The van der Waals surface area contributed by atoms with Gasteiger partial charge < -0.3 is 15.8 Å². The molecule has 0 radical (unpaired) electrons. The van der Waals surface area contributed by atoms with Gasteiger partial charge >= 0.3 is 0 Å². The molecule has 2 rings (SSSR count). The second kappa shape index (κ2) is 5.61. The van der Waals surface area contributed by atoms with Crippen LogP contribution in [-0.2, 0) is 11.8 Å². The average molecular weight is 252 g/mol. The van der Waals surface area contributed by atoms with Gasteiger partial charge in [-0.1, -0.05) is 13.8 Å². The minimum absolute atomic E-state index is 0.356. The Morgan fingerprint density at radius 1 is 1.44 bits per heavy atom. The molecule has 0 unspecified atom stereocenters. The largest absolute Gasteiger partial charge is 0.394 e. The molecular weight excluding hydrogens is 228 g/mol. The first-order chi connectivity index (χ1) is 8.59. The van der Waals surface area contributed by atoms with E-state index in [1.54, 1.807) is 0 Å². The maximum atomic E-state index is 6.15. The van der Waals surface area contributed by atoms with E-state index < -0.39 is 0 Å². The Balaban J connectivity index is 2.00. The number of nitrogens with zero attached hydrogens (tertiary/aromatic N) is 2. The highest BCUT2D eigenvalue weighted by Crippen LogP contribution is 2.28. The van der Waals surface area contributed by atoms with Crippen LogP contribution in [0.5, 0.6) is 0 Å². The number of rotatable bonds is 4. The first-order valence-electron chi connectivity index (χ1n) is 6.73. The van der Waals surface area contributed by atoms with Crippen molar-refractivity contribution in [2.75, 3.05) is 30.8 Å². The SMILES string of the molecule is CC(C)c1nn(C)c(NCC2CCOCC2)c1N. The lowest BCUT2D eigenvalue weighted by molar-refractivity contribution is 0.0699. The number of aryl methyl sites for hydroxylation is 1. The van der Waals surface area contributed by atoms with Crippen LogP contribution in [0.4, 0.5) is 11.5 Å². The first kappa shape index (κ1) is 13.2. The molecule has 0 aromatic carbocycles. The molecule has 0 bridgehead atoms. The molecule has 102 valence electrons. The van der Waals surface area contributed by atoms with Crippen molar-refractivity contribution in [3.8, 4) is 0 Å². The molecule has 1 aliphatic heterocycles. The zero-order valence-electron chi connectivity index (χ0n) is 11.6. The predicted octanol–water partition coefficient (Wildman–Crippen LogP) is 1.96. The number of ether oxygens (including phenoxy) is 1. The average Bonchev–Trinajstić information content (AvgIpc) is 2.64. The molecule has 1 aromatic heterocycles. The van der Waals surface area contributed by atoms with Gasteiger partial charge in [0.05, 0.1) is 11.4 Å². The van der Waals surface area contributed by atoms with Crippen LogP contribution in [0.2, 0.25) is 0 Å². The first-order valence-corrected chi connectivity index (χ1v) is 6.73. The summed E-state index contributed by atoms with van der Waals surface area (Å²) in [5.74, 6) is 1.98. The topological polar surface area (TPSA) is 65.1 Å². The Morgan fingerprint density at radius 3 is 2.67 bits per heavy atom. The molecule has 0 amide bonds. The van der Waals surface area contributed by atoms with Gasteiger partial charge in [0.2, 0.25) is 0 Å². The van der Waals surface area contributed by atoms with Gasteiger partial charge in [-0.15, -0.1) is 0 Å². The molecule has 1 fully saturated rings. The lowest BCUT2D eigenvalue weighted by Crippen LogP contribution is -2.23. The minimum atomic E-state index is 0.356. The Labute approximate surface area is 109 Å². The van der Waals surface area contributed by atoms with Crippen molar-refractivity contribution in [1.82, 2.24) is 9.78 Å². The second-order valence-electron chi connectivity index (χ2n) is 5.36. The van der Waals surface area contributed by atoms with E-state index in [0.29, 0.717) is 11.8 Å². The second-order valence-corrected chi connectivity index (χ2v) is 5.36. The molecule has 1 aromatic rings. The van der Waals surface area contributed by atoms with Crippen molar-refractivity contribution in [2.45, 2.75) is 32.6 Å². The fourth-order valence-corrected chi connectivity index (χ4v) is 2.39. The van der Waals surface area contributed by atoms with Crippen molar-refractivity contribution in [2.24, 2.45) is 13.0 Å². The van der Waals surface area contributed by atoms with E-state index in [4.69, 9.17) is 10.5 Å². The number of aromatic nitrogens is 2. The number of hydrogen-bond donors (Lipinski definition) is 2. The molecule has 18 heavy (non-hydrogen) atoms. The van der Waals surface area contributed by atoms with Crippen LogP contribution in [0.3, 0.4) is 0 Å². The fraction of sp³-hybridized carbons (Fsp3) is 0.769. The molecule has 0 atom stereocenters. The van der Waals surface area contributed by atoms with Gasteiger partial charge in [-0.2, -0.15) is 5.10 Å².